The van der Waals surface area contributed by atoms with Gasteiger partial charge in [0.05, 0.1) is 13.0 Å². The van der Waals surface area contributed by atoms with Crippen LogP contribution in [0, 0.1) is 5.82 Å². The van der Waals surface area contributed by atoms with Gasteiger partial charge in [0, 0.05) is 0 Å². The van der Waals surface area contributed by atoms with E-state index >= 15 is 0 Å². The highest BCUT2D eigenvalue weighted by molar-refractivity contribution is 5.77. The first kappa shape index (κ1) is 9.71. The summed E-state index contributed by atoms with van der Waals surface area (Å²) in [7, 11) is 1.34. The Bertz CT molecular complexity index is 292. The molecule has 0 aliphatic rings. The SMILES string of the molecule is COC(=O)C([11CH3])c1ccc(F)cc1. The molecule has 0 amide bonds. The number of rotatable bonds is 2. The van der Waals surface area contributed by atoms with Gasteiger partial charge in [-0.1, -0.05) is 12.1 Å². The molecule has 0 saturated carbocycles. The molecule has 0 aliphatic heterocycles. The number of hydrogen-bond donors (Lipinski definition) is 0. The molecular weight excluding hydrogens is 170 g/mol. The van der Waals surface area contributed by atoms with Gasteiger partial charge in [0.25, 0.3) is 0 Å². The van der Waals surface area contributed by atoms with E-state index in [4.69, 9.17) is 0 Å². The van der Waals surface area contributed by atoms with Gasteiger partial charge in [-0.05, 0) is 24.6 Å². The van der Waals surface area contributed by atoms with Crippen LogP contribution < -0.4 is 0 Å². The Hall–Kier alpha value is -1.38. The Morgan fingerprint density at radius 1 is 1.38 bits per heavy atom. The molecule has 0 radical (unpaired) electrons. The van der Waals surface area contributed by atoms with E-state index in [1.807, 2.05) is 0 Å². The van der Waals surface area contributed by atoms with Crippen LogP contribution in [0.25, 0.3) is 0 Å². The molecule has 3 heteroatoms. The highest BCUT2D eigenvalue weighted by Crippen LogP contribution is 2.16. The van der Waals surface area contributed by atoms with Crippen LogP contribution >= 0.6 is 0 Å². The second-order valence-corrected chi connectivity index (χ2v) is 2.80. The number of hydrogen-bond acceptors (Lipinski definition) is 2. The first-order valence-corrected chi connectivity index (χ1v) is 3.98. The smallest absolute Gasteiger partial charge is 0.312 e. The predicted octanol–water partition coefficient (Wildman–Crippen LogP) is 2.10. The Balaban J connectivity index is 2.83. The van der Waals surface area contributed by atoms with Crippen LogP contribution in [-0.4, -0.2) is 13.1 Å². The monoisotopic (exact) mass is 181 g/mol. The fourth-order valence-electron chi connectivity index (χ4n) is 1.06. The molecule has 1 unspecified atom stereocenters. The average Bonchev–Trinajstić information content (AvgIpc) is 2.17. The molecule has 13 heavy (non-hydrogen) atoms. The molecule has 0 aliphatic carbocycles. The molecule has 1 rings (SSSR count). The predicted molar refractivity (Wildman–Crippen MR) is 46.8 cm³/mol. The van der Waals surface area contributed by atoms with Crippen LogP contribution in [0.2, 0.25) is 0 Å². The minimum absolute atomic E-state index is 0.305. The zero-order chi connectivity index (χ0) is 9.84. The van der Waals surface area contributed by atoms with Crippen molar-refractivity contribution in [3.63, 3.8) is 0 Å². The lowest BCUT2D eigenvalue weighted by atomic mass is 9.87. The summed E-state index contributed by atoms with van der Waals surface area (Å²) < 4.78 is 17.1. The average molecular weight is 181 g/mol. The van der Waals surface area contributed by atoms with Gasteiger partial charge in [-0.3, -0.25) is 4.79 Å². The number of carbonyl (C=O) groups excluding carboxylic acids is 1. The van der Waals surface area contributed by atoms with Crippen molar-refractivity contribution in [1.82, 2.24) is 0 Å². The summed E-state index contributed by atoms with van der Waals surface area (Å²) >= 11 is 0. The molecule has 0 aromatic heterocycles. The summed E-state index contributed by atoms with van der Waals surface area (Å²) in [5.74, 6) is -0.960. The summed E-state index contributed by atoms with van der Waals surface area (Å²) in [6.07, 6.45) is 0. The van der Waals surface area contributed by atoms with Gasteiger partial charge in [-0.15, -0.1) is 0 Å². The van der Waals surface area contributed by atoms with Crippen molar-refractivity contribution in [2.24, 2.45) is 0 Å². The van der Waals surface area contributed by atoms with Crippen LogP contribution in [0.1, 0.15) is 18.4 Å². The lowest BCUT2D eigenvalue weighted by Gasteiger charge is -2.08. The molecule has 0 saturated heterocycles. The fraction of sp³-hybridized carbons (Fsp3) is 0.300. The van der Waals surface area contributed by atoms with E-state index in [0.29, 0.717) is 0 Å². The number of halogens is 1. The van der Waals surface area contributed by atoms with Crippen LogP contribution in [0.3, 0.4) is 0 Å². The van der Waals surface area contributed by atoms with Gasteiger partial charge < -0.3 is 4.74 Å². The first-order chi connectivity index (χ1) is 6.15. The third-order valence-electron chi connectivity index (χ3n) is 1.92. The van der Waals surface area contributed by atoms with Crippen molar-refractivity contribution in [3.05, 3.63) is 35.6 Å². The molecule has 0 fully saturated rings. The van der Waals surface area contributed by atoms with Crippen molar-refractivity contribution >= 4 is 5.97 Å². The Kier molecular flexibility index (Phi) is 3.01. The summed E-state index contributed by atoms with van der Waals surface area (Å²) in [5, 5.41) is 0. The van der Waals surface area contributed by atoms with Crippen molar-refractivity contribution in [1.29, 1.82) is 0 Å². The highest BCUT2D eigenvalue weighted by atomic mass is 19.1. The molecule has 1 aromatic rings. The van der Waals surface area contributed by atoms with E-state index < -0.39 is 0 Å². The molecule has 0 N–H and O–H groups in total. The summed E-state index contributed by atoms with van der Waals surface area (Å²) in [5.41, 5.74) is 0.758. The maximum absolute atomic E-state index is 12.5. The third kappa shape index (κ3) is 2.28. The number of methoxy groups -OCH3 is 1. The van der Waals surface area contributed by atoms with Gasteiger partial charge in [0.15, 0.2) is 0 Å². The van der Waals surface area contributed by atoms with Crippen molar-refractivity contribution in [2.75, 3.05) is 7.11 Å². The molecule has 2 nitrogen and oxygen atoms in total. The first-order valence-electron chi connectivity index (χ1n) is 3.98. The molecule has 70 valence electrons. The largest absolute Gasteiger partial charge is 0.469 e. The van der Waals surface area contributed by atoms with Crippen LogP contribution in [0.4, 0.5) is 4.39 Å². The molecule has 1 atom stereocenters. The highest BCUT2D eigenvalue weighted by Gasteiger charge is 2.14. The van der Waals surface area contributed by atoms with Gasteiger partial charge in [0.1, 0.15) is 5.82 Å². The normalized spacial score (nSPS) is 12.2. The molecule has 0 heterocycles. The number of esters is 1. The van der Waals surface area contributed by atoms with Gasteiger partial charge in [0.2, 0.25) is 0 Å². The molecule has 1 aromatic carbocycles. The van der Waals surface area contributed by atoms with E-state index in [-0.39, 0.29) is 17.7 Å². The summed E-state index contributed by atoms with van der Waals surface area (Å²) in [6.45, 7) is 1.72. The van der Waals surface area contributed by atoms with Crippen LogP contribution in [0.5, 0.6) is 0 Å². The molecular formula is C10H11FO2. The Labute approximate surface area is 76.3 Å². The second-order valence-electron chi connectivity index (χ2n) is 2.80. The van der Waals surface area contributed by atoms with Gasteiger partial charge in [-0.2, -0.15) is 0 Å². The Morgan fingerprint density at radius 2 is 1.92 bits per heavy atom. The number of benzene rings is 1. The quantitative estimate of drug-likeness (QED) is 0.653. The topological polar surface area (TPSA) is 26.3 Å². The standard InChI is InChI=1S/C10H11FO2/c1-7(10(12)13-2)8-3-5-9(11)6-4-8/h3-7H,1-2H3/i1-1. The minimum atomic E-state index is -0.342. The maximum Gasteiger partial charge on any atom is 0.312 e. The van der Waals surface area contributed by atoms with Crippen LogP contribution in [-0.2, 0) is 9.53 Å². The van der Waals surface area contributed by atoms with E-state index in [9.17, 15) is 9.18 Å². The number of carbonyl (C=O) groups is 1. The minimum Gasteiger partial charge on any atom is -0.469 e. The van der Waals surface area contributed by atoms with E-state index in [2.05, 4.69) is 4.74 Å². The van der Waals surface area contributed by atoms with Crippen LogP contribution in [0.15, 0.2) is 24.3 Å². The second kappa shape index (κ2) is 4.03. The fourth-order valence-corrected chi connectivity index (χ4v) is 1.06. The van der Waals surface area contributed by atoms with Gasteiger partial charge >= 0.3 is 5.97 Å². The molecule has 0 bridgehead atoms. The Morgan fingerprint density at radius 3 is 2.38 bits per heavy atom. The van der Waals surface area contributed by atoms with Crippen molar-refractivity contribution in [2.45, 2.75) is 12.8 Å². The molecule has 0 spiro atoms. The summed E-state index contributed by atoms with van der Waals surface area (Å²) in [4.78, 5) is 11.1. The van der Waals surface area contributed by atoms with E-state index in [0.717, 1.165) is 5.56 Å². The maximum atomic E-state index is 12.5. The number of ether oxygens (including phenoxy) is 1. The van der Waals surface area contributed by atoms with Crippen molar-refractivity contribution < 1.29 is 13.9 Å². The lowest BCUT2D eigenvalue weighted by Crippen LogP contribution is -2.10. The zero-order valence-corrected chi connectivity index (χ0v) is 7.58. The summed E-state index contributed by atoms with van der Waals surface area (Å²) in [6, 6.07) is 5.82. The third-order valence-corrected chi connectivity index (χ3v) is 1.92. The van der Waals surface area contributed by atoms with E-state index in [1.54, 1.807) is 19.1 Å². The van der Waals surface area contributed by atoms with E-state index in [1.165, 1.54) is 19.2 Å². The van der Waals surface area contributed by atoms with Gasteiger partial charge in [-0.25, -0.2) is 4.39 Å². The zero-order valence-electron chi connectivity index (χ0n) is 7.58. The van der Waals surface area contributed by atoms with Crippen molar-refractivity contribution in [3.8, 4) is 0 Å². The lowest BCUT2D eigenvalue weighted by molar-refractivity contribution is -0.141.